The Morgan fingerprint density at radius 3 is 0.800 bits per heavy atom. The van der Waals surface area contributed by atoms with E-state index in [0.29, 0.717) is 0 Å². The second-order valence-electron chi connectivity index (χ2n) is 0.447. The molecule has 0 aromatic rings. The number of nitrogens with zero attached hydrogens (tertiary/aromatic N) is 2. The Morgan fingerprint density at radius 1 is 0.800 bits per heavy atom. The van der Waals surface area contributed by atoms with Crippen molar-refractivity contribution in [1.29, 1.82) is 0 Å². The molecule has 0 fully saturated rings. The smallest absolute Gasteiger partial charge is 0.356 e. The number of rotatable bonds is 0. The van der Waals surface area contributed by atoms with Crippen molar-refractivity contribution in [3.63, 3.8) is 0 Å². The van der Waals surface area contributed by atoms with Crippen LogP contribution in [0.2, 0.25) is 0 Å². The third kappa shape index (κ3) is 946. The summed E-state index contributed by atoms with van der Waals surface area (Å²) in [5, 5.41) is 29.5. The molecular formula is H2AgClN2O6. The molecule has 8 nitrogen and oxygen atoms in total. The second kappa shape index (κ2) is 15.8. The molecule has 0 rings (SSSR count). The molecule has 0 bridgehead atoms. The largest absolute Gasteiger partial charge is 1.00 e. The Kier molecular flexibility index (Phi) is 35.9. The molecule has 0 aromatic carbocycles. The van der Waals surface area contributed by atoms with E-state index in [-0.39, 0.29) is 34.8 Å². The fourth-order valence-electron chi connectivity index (χ4n) is 0. The topological polar surface area (TPSA) is 132 Å². The summed E-state index contributed by atoms with van der Waals surface area (Å²) in [6, 6.07) is 0. The first-order chi connectivity index (χ1) is 3.46. The van der Waals surface area contributed by atoms with Crippen LogP contribution in [0.15, 0.2) is 0 Å². The molecule has 0 aliphatic carbocycles. The van der Waals surface area contributed by atoms with E-state index in [0.717, 1.165) is 0 Å². The molecule has 0 spiro atoms. The third-order valence-electron chi connectivity index (χ3n) is 0. The van der Waals surface area contributed by atoms with E-state index in [4.69, 9.17) is 30.6 Å². The minimum atomic E-state index is -1.75. The first-order valence-electron chi connectivity index (χ1n) is 1.10. The zero-order valence-corrected chi connectivity index (χ0v) is 6.47. The summed E-state index contributed by atoms with van der Waals surface area (Å²) in [6.07, 6.45) is 0. The normalized spacial score (nSPS) is 4.80. The van der Waals surface area contributed by atoms with Gasteiger partial charge in [-0.25, -0.2) is 0 Å². The van der Waals surface area contributed by atoms with E-state index in [1.165, 1.54) is 0 Å². The maximum atomic E-state index is 8.25. The summed E-state index contributed by atoms with van der Waals surface area (Å²) in [6.45, 7) is 0. The minimum Gasteiger partial charge on any atom is -0.356 e. The molecule has 0 atom stereocenters. The van der Waals surface area contributed by atoms with Crippen LogP contribution in [0.1, 0.15) is 0 Å². The van der Waals surface area contributed by atoms with Gasteiger partial charge in [-0.2, -0.15) is 0 Å². The van der Waals surface area contributed by atoms with E-state index in [1.807, 2.05) is 0 Å². The van der Waals surface area contributed by atoms with E-state index >= 15 is 0 Å². The molecule has 66 valence electrons. The predicted octanol–water partition coefficient (Wildman–Crippen LogP) is -1.02. The van der Waals surface area contributed by atoms with E-state index in [9.17, 15) is 0 Å². The maximum absolute atomic E-state index is 8.25. The number of halogens is 1. The maximum Gasteiger partial charge on any atom is 1.00 e. The van der Waals surface area contributed by atoms with Gasteiger partial charge in [-0.3, -0.25) is 0 Å². The predicted molar refractivity (Wildman–Crippen MR) is 23.5 cm³/mol. The monoisotopic (exact) mass is 268 g/mol. The van der Waals surface area contributed by atoms with Crippen molar-refractivity contribution < 1.29 is 45.0 Å². The first-order valence-corrected chi connectivity index (χ1v) is 1.10. The van der Waals surface area contributed by atoms with Crippen molar-refractivity contribution in [2.75, 3.05) is 0 Å². The SMILES string of the molecule is O=[N+]([O-])[O-].O=[N+]([O-])[O-].[Ag+].[ClH2+]. The van der Waals surface area contributed by atoms with Crippen LogP contribution in [-0.4, -0.2) is 10.2 Å². The molecule has 0 saturated heterocycles. The first kappa shape index (κ1) is 22.7. The molecule has 0 N–H and O–H groups in total. The van der Waals surface area contributed by atoms with Crippen molar-refractivity contribution in [2.24, 2.45) is 0 Å². The minimum absolute atomic E-state index is 0. The van der Waals surface area contributed by atoms with Gasteiger partial charge in [0.05, 0.1) is 22.6 Å². The van der Waals surface area contributed by atoms with E-state index < -0.39 is 10.2 Å². The number of hydrogen-bond acceptors (Lipinski definition) is 6. The van der Waals surface area contributed by atoms with Crippen LogP contribution < -0.4 is 0 Å². The summed E-state index contributed by atoms with van der Waals surface area (Å²) in [5.41, 5.74) is 0. The van der Waals surface area contributed by atoms with Gasteiger partial charge in [0, 0.05) is 0 Å². The standard InChI is InChI=1S/Ag.ClH2.2NO3/c;;2*2-1(3)4/h;1H2;;/q2*+1;2*-1. The Balaban J connectivity index is -0.0000000300. The number of hydrogen-bond donors (Lipinski definition) is 0. The third-order valence-corrected chi connectivity index (χ3v) is 0. The van der Waals surface area contributed by atoms with Crippen LogP contribution >= 0.6 is 0 Å². The Morgan fingerprint density at radius 2 is 0.800 bits per heavy atom. The van der Waals surface area contributed by atoms with Crippen LogP contribution in [-0.2, 0) is 22.4 Å². The van der Waals surface area contributed by atoms with Crippen LogP contribution in [0.25, 0.3) is 0 Å². The molecule has 0 saturated carbocycles. The van der Waals surface area contributed by atoms with Gasteiger partial charge in [0.1, 0.15) is 0 Å². The molecule has 0 aliphatic heterocycles. The summed E-state index contributed by atoms with van der Waals surface area (Å²) >= 11 is 0. The molecule has 0 unspecified atom stereocenters. The average Bonchev–Trinajstić information content (AvgIpc) is 1.25. The van der Waals surface area contributed by atoms with Crippen molar-refractivity contribution in [1.82, 2.24) is 0 Å². The van der Waals surface area contributed by atoms with Gasteiger partial charge in [0.25, 0.3) is 0 Å². The van der Waals surface area contributed by atoms with Gasteiger partial charge < -0.3 is 30.6 Å². The summed E-state index contributed by atoms with van der Waals surface area (Å²) < 4.78 is 0. The van der Waals surface area contributed by atoms with Crippen molar-refractivity contribution in [3.8, 4) is 0 Å². The Bertz CT molecular complexity index is 73.7. The fraction of sp³-hybridized carbons (Fsp3) is 0. The van der Waals surface area contributed by atoms with E-state index in [1.54, 1.807) is 0 Å². The van der Waals surface area contributed by atoms with Gasteiger partial charge in [0.15, 0.2) is 0 Å². The van der Waals surface area contributed by atoms with Crippen molar-refractivity contribution in [2.45, 2.75) is 0 Å². The Labute approximate surface area is 76.0 Å². The van der Waals surface area contributed by atoms with Gasteiger partial charge in [-0.1, -0.05) is 0 Å². The fourth-order valence-corrected chi connectivity index (χ4v) is 0. The molecule has 10 heavy (non-hydrogen) atoms. The van der Waals surface area contributed by atoms with Gasteiger partial charge >= 0.3 is 22.4 Å². The molecule has 0 aliphatic rings. The van der Waals surface area contributed by atoms with Crippen LogP contribution in [0.5, 0.6) is 0 Å². The van der Waals surface area contributed by atoms with Gasteiger partial charge in [-0.15, -0.1) is 0 Å². The second-order valence-corrected chi connectivity index (χ2v) is 0.447. The summed E-state index contributed by atoms with van der Waals surface area (Å²) in [5.74, 6) is 0. The van der Waals surface area contributed by atoms with Crippen LogP contribution in [0, 0.1) is 43.1 Å². The van der Waals surface area contributed by atoms with E-state index in [2.05, 4.69) is 0 Å². The molecule has 0 aromatic heterocycles. The Hall–Kier alpha value is -0.570. The van der Waals surface area contributed by atoms with Crippen molar-refractivity contribution >= 4 is 0 Å². The zero-order chi connectivity index (χ0) is 7.15. The van der Waals surface area contributed by atoms with Gasteiger partial charge in [0.2, 0.25) is 0 Å². The quantitative estimate of drug-likeness (QED) is 0.314. The summed E-state index contributed by atoms with van der Waals surface area (Å²) in [7, 11) is 0. The molecule has 10 heteroatoms. The molecule has 0 amide bonds. The van der Waals surface area contributed by atoms with Crippen LogP contribution in [0.4, 0.5) is 0 Å². The summed E-state index contributed by atoms with van der Waals surface area (Å²) in [4.78, 5) is 16.5. The average molecular weight is 269 g/mol. The zero-order valence-electron chi connectivity index (χ0n) is 4.09. The molecule has 0 radical (unpaired) electrons. The van der Waals surface area contributed by atoms with Crippen LogP contribution in [0.3, 0.4) is 0 Å². The van der Waals surface area contributed by atoms with Gasteiger partial charge in [-0.05, 0) is 0 Å². The molecule has 0 heterocycles. The molecular weight excluding hydrogens is 267 g/mol. The van der Waals surface area contributed by atoms with Crippen molar-refractivity contribution in [3.05, 3.63) is 30.6 Å².